The molecule has 0 spiro atoms. The van der Waals surface area contributed by atoms with Crippen molar-refractivity contribution in [2.75, 3.05) is 18.1 Å². The third-order valence-corrected chi connectivity index (χ3v) is 6.95. The number of carbonyl (C=O) groups is 1. The lowest BCUT2D eigenvalue weighted by molar-refractivity contribution is 0.0918. The molecule has 146 valence electrons. The number of nitrogens with zero attached hydrogens (tertiary/aromatic N) is 3. The van der Waals surface area contributed by atoms with Crippen LogP contribution in [0.2, 0.25) is 0 Å². The number of ketones is 1. The molecule has 0 saturated carbocycles. The number of Topliss-reactive ketones (excluding diaryl/α,β-unsaturated/α-hetero) is 1. The van der Waals surface area contributed by atoms with E-state index in [1.54, 1.807) is 0 Å². The number of carbonyl (C=O) groups excluding carboxylic acids is 1. The van der Waals surface area contributed by atoms with Crippen molar-refractivity contribution in [1.29, 1.82) is 0 Å². The molecule has 1 fully saturated rings. The van der Waals surface area contributed by atoms with Crippen molar-refractivity contribution in [2.24, 2.45) is 0 Å². The van der Waals surface area contributed by atoms with Crippen LogP contribution in [0.5, 0.6) is 5.88 Å². The molecule has 8 heteroatoms. The number of hydrogen-bond donors (Lipinski definition) is 0. The number of aromatic nitrogens is 3. The number of aryl methyl sites for hydroxylation is 1. The maximum atomic E-state index is 12.8. The van der Waals surface area contributed by atoms with Crippen molar-refractivity contribution in [2.45, 2.75) is 26.3 Å². The summed E-state index contributed by atoms with van der Waals surface area (Å²) in [5, 5.41) is 0.749. The van der Waals surface area contributed by atoms with Crippen molar-refractivity contribution >= 4 is 26.5 Å². The monoisotopic (exact) mass is 399 g/mol. The second-order valence-corrected chi connectivity index (χ2v) is 9.35. The Morgan fingerprint density at radius 3 is 2.79 bits per heavy atom. The second-order valence-electron chi connectivity index (χ2n) is 7.12. The Labute approximate surface area is 163 Å². The zero-order valence-electron chi connectivity index (χ0n) is 15.8. The van der Waals surface area contributed by atoms with Crippen LogP contribution in [-0.4, -0.2) is 46.8 Å². The van der Waals surface area contributed by atoms with Gasteiger partial charge < -0.3 is 9.30 Å². The standard InChI is InChI=1S/C20H21N3O4S/c1-13-9-17(14(2)23(13)15-7-8-28(25,26)11-15)19(24)10-27-20-16-5-3-4-6-18(16)21-12-22-20/h3-6,9,12,15H,7-8,10-11H2,1-2H3/t15-/m1/s1. The Bertz CT molecular complexity index is 1160. The van der Waals surface area contributed by atoms with E-state index in [0.717, 1.165) is 22.3 Å². The summed E-state index contributed by atoms with van der Waals surface area (Å²) in [6, 6.07) is 9.14. The Morgan fingerprint density at radius 1 is 1.25 bits per heavy atom. The number of para-hydroxylation sites is 1. The zero-order chi connectivity index (χ0) is 19.9. The SMILES string of the molecule is Cc1cc(C(=O)COc2ncnc3ccccc23)c(C)n1[C@@H]1CCS(=O)(=O)C1. The van der Waals surface area contributed by atoms with Crippen LogP contribution in [0.3, 0.4) is 0 Å². The highest BCUT2D eigenvalue weighted by Gasteiger charge is 2.31. The van der Waals surface area contributed by atoms with Gasteiger partial charge in [-0.1, -0.05) is 12.1 Å². The predicted molar refractivity (Wildman–Crippen MR) is 106 cm³/mol. The quantitative estimate of drug-likeness (QED) is 0.613. The molecule has 2 aromatic heterocycles. The van der Waals surface area contributed by atoms with Crippen LogP contribution in [0.1, 0.15) is 34.2 Å². The van der Waals surface area contributed by atoms with E-state index in [1.165, 1.54) is 6.33 Å². The molecular weight excluding hydrogens is 378 g/mol. The average molecular weight is 399 g/mol. The van der Waals surface area contributed by atoms with Gasteiger partial charge in [0, 0.05) is 23.0 Å². The molecule has 1 atom stereocenters. The molecule has 28 heavy (non-hydrogen) atoms. The molecule has 1 saturated heterocycles. The van der Waals surface area contributed by atoms with Gasteiger partial charge in [-0.25, -0.2) is 18.4 Å². The van der Waals surface area contributed by atoms with Gasteiger partial charge in [0.05, 0.1) is 22.4 Å². The van der Waals surface area contributed by atoms with Gasteiger partial charge in [0.25, 0.3) is 0 Å². The molecule has 4 rings (SSSR count). The third-order valence-electron chi connectivity index (χ3n) is 5.20. The lowest BCUT2D eigenvalue weighted by Crippen LogP contribution is -2.16. The minimum Gasteiger partial charge on any atom is -0.469 e. The fourth-order valence-corrected chi connectivity index (χ4v) is 5.61. The first-order chi connectivity index (χ1) is 13.4. The Hall–Kier alpha value is -2.74. The van der Waals surface area contributed by atoms with Gasteiger partial charge >= 0.3 is 0 Å². The van der Waals surface area contributed by atoms with Crippen LogP contribution < -0.4 is 4.74 Å². The van der Waals surface area contributed by atoms with Gasteiger partial charge in [-0.05, 0) is 38.5 Å². The first-order valence-corrected chi connectivity index (χ1v) is 10.9. The van der Waals surface area contributed by atoms with Crippen LogP contribution in [0, 0.1) is 13.8 Å². The van der Waals surface area contributed by atoms with Crippen LogP contribution >= 0.6 is 0 Å². The van der Waals surface area contributed by atoms with Crippen LogP contribution in [-0.2, 0) is 9.84 Å². The van der Waals surface area contributed by atoms with Crippen molar-refractivity contribution in [3.05, 3.63) is 53.6 Å². The van der Waals surface area contributed by atoms with Gasteiger partial charge in [-0.3, -0.25) is 4.79 Å². The molecule has 0 radical (unpaired) electrons. The first kappa shape index (κ1) is 18.6. The first-order valence-electron chi connectivity index (χ1n) is 9.10. The van der Waals surface area contributed by atoms with Gasteiger partial charge in [0.15, 0.2) is 16.4 Å². The highest BCUT2D eigenvalue weighted by Crippen LogP contribution is 2.29. The van der Waals surface area contributed by atoms with Crippen LogP contribution in [0.15, 0.2) is 36.7 Å². The van der Waals surface area contributed by atoms with E-state index in [4.69, 9.17) is 4.74 Å². The molecule has 0 unspecified atom stereocenters. The van der Waals surface area contributed by atoms with E-state index in [1.807, 2.05) is 48.7 Å². The highest BCUT2D eigenvalue weighted by atomic mass is 32.2. The number of sulfone groups is 1. The van der Waals surface area contributed by atoms with Crippen molar-refractivity contribution in [3.63, 3.8) is 0 Å². The number of ether oxygens (including phenoxy) is 1. The molecule has 7 nitrogen and oxygen atoms in total. The van der Waals surface area contributed by atoms with E-state index >= 15 is 0 Å². The molecule has 1 aromatic carbocycles. The van der Waals surface area contributed by atoms with E-state index in [0.29, 0.717) is 17.9 Å². The normalized spacial score (nSPS) is 18.4. The molecule has 3 aromatic rings. The summed E-state index contributed by atoms with van der Waals surface area (Å²) < 4.78 is 31.3. The van der Waals surface area contributed by atoms with Crippen molar-refractivity contribution < 1.29 is 17.9 Å². The summed E-state index contributed by atoms with van der Waals surface area (Å²) in [6.45, 7) is 3.60. The summed E-state index contributed by atoms with van der Waals surface area (Å²) in [7, 11) is -3.00. The second kappa shape index (κ2) is 7.01. The molecule has 0 aliphatic carbocycles. The van der Waals surface area contributed by atoms with Gasteiger partial charge in [-0.15, -0.1) is 0 Å². The maximum absolute atomic E-state index is 12.8. The summed E-state index contributed by atoms with van der Waals surface area (Å²) >= 11 is 0. The van der Waals surface area contributed by atoms with E-state index in [2.05, 4.69) is 9.97 Å². The number of hydrogen-bond acceptors (Lipinski definition) is 6. The average Bonchev–Trinajstić information content (AvgIpc) is 3.17. The summed E-state index contributed by atoms with van der Waals surface area (Å²) in [4.78, 5) is 21.1. The molecule has 1 aliphatic rings. The van der Waals surface area contributed by atoms with E-state index in [-0.39, 0.29) is 29.9 Å². The molecule has 0 amide bonds. The number of benzene rings is 1. The fourth-order valence-electron chi connectivity index (χ4n) is 3.91. The van der Waals surface area contributed by atoms with E-state index < -0.39 is 9.84 Å². The Morgan fingerprint density at radius 2 is 2.04 bits per heavy atom. The number of fused-ring (bicyclic) bond motifs is 1. The minimum atomic E-state index is -3.00. The maximum Gasteiger partial charge on any atom is 0.224 e. The van der Waals surface area contributed by atoms with Gasteiger partial charge in [-0.2, -0.15) is 0 Å². The van der Waals surface area contributed by atoms with Gasteiger partial charge in [0.2, 0.25) is 11.7 Å². The third kappa shape index (κ3) is 3.40. The zero-order valence-corrected chi connectivity index (χ0v) is 16.6. The van der Waals surface area contributed by atoms with E-state index in [9.17, 15) is 13.2 Å². The number of rotatable bonds is 5. The molecule has 3 heterocycles. The smallest absolute Gasteiger partial charge is 0.224 e. The van der Waals surface area contributed by atoms with Gasteiger partial charge in [0.1, 0.15) is 6.33 Å². The minimum absolute atomic E-state index is 0.113. The van der Waals surface area contributed by atoms with Crippen molar-refractivity contribution in [1.82, 2.24) is 14.5 Å². The molecule has 1 aliphatic heterocycles. The van der Waals surface area contributed by atoms with Crippen molar-refractivity contribution in [3.8, 4) is 5.88 Å². The largest absolute Gasteiger partial charge is 0.469 e. The Kier molecular flexibility index (Phi) is 4.66. The highest BCUT2D eigenvalue weighted by molar-refractivity contribution is 7.91. The summed E-state index contributed by atoms with van der Waals surface area (Å²) in [6.07, 6.45) is 1.99. The fraction of sp³-hybridized carbons (Fsp3) is 0.350. The summed E-state index contributed by atoms with van der Waals surface area (Å²) in [5.74, 6) is 0.528. The lowest BCUT2D eigenvalue weighted by Gasteiger charge is -2.16. The summed E-state index contributed by atoms with van der Waals surface area (Å²) in [5.41, 5.74) is 2.97. The molecule has 0 bridgehead atoms. The topological polar surface area (TPSA) is 91.2 Å². The predicted octanol–water partition coefficient (Wildman–Crippen LogP) is 2.67. The van der Waals surface area contributed by atoms with Crippen LogP contribution in [0.25, 0.3) is 10.9 Å². The molecular formula is C20H21N3O4S. The molecule has 0 N–H and O–H groups in total. The lowest BCUT2D eigenvalue weighted by atomic mass is 10.1. The van der Waals surface area contributed by atoms with Crippen LogP contribution in [0.4, 0.5) is 0 Å². The Balaban J connectivity index is 1.55.